The fourth-order valence-electron chi connectivity index (χ4n) is 3.22. The normalized spacial score (nSPS) is 19.0. The summed E-state index contributed by atoms with van der Waals surface area (Å²) in [4.78, 5) is 6.99. The molecule has 1 unspecified atom stereocenters. The van der Waals surface area contributed by atoms with Crippen LogP contribution >= 0.6 is 0 Å². The van der Waals surface area contributed by atoms with Crippen molar-refractivity contribution in [2.45, 2.75) is 31.7 Å². The van der Waals surface area contributed by atoms with Crippen molar-refractivity contribution in [3.8, 4) is 5.75 Å². The van der Waals surface area contributed by atoms with Crippen molar-refractivity contribution in [3.63, 3.8) is 0 Å². The van der Waals surface area contributed by atoms with Crippen LogP contribution in [0.4, 0.5) is 5.82 Å². The molecule has 0 radical (unpaired) electrons. The third-order valence-corrected chi connectivity index (χ3v) is 4.31. The van der Waals surface area contributed by atoms with E-state index in [-0.39, 0.29) is 6.61 Å². The smallest absolute Gasteiger partial charge is 0.136 e. The molecule has 0 aliphatic carbocycles. The number of methoxy groups -OCH3 is 1. The van der Waals surface area contributed by atoms with Crippen LogP contribution in [0.15, 0.2) is 30.5 Å². The number of benzene rings is 1. The predicted octanol–water partition coefficient (Wildman–Crippen LogP) is 2.98. The minimum atomic E-state index is 0.231. The maximum absolute atomic E-state index is 9.31. The van der Waals surface area contributed by atoms with Crippen LogP contribution in [0.25, 0.3) is 10.8 Å². The lowest BCUT2D eigenvalue weighted by Crippen LogP contribution is -2.40. The van der Waals surface area contributed by atoms with Crippen LogP contribution in [-0.4, -0.2) is 36.4 Å². The lowest BCUT2D eigenvalue weighted by atomic mass is 9.98. The third kappa shape index (κ3) is 2.81. The predicted molar refractivity (Wildman–Crippen MR) is 85.0 cm³/mol. The third-order valence-electron chi connectivity index (χ3n) is 4.31. The molecule has 1 aromatic carbocycles. The Morgan fingerprint density at radius 2 is 2.24 bits per heavy atom. The number of aliphatic hydroxyl groups excluding tert-OH is 1. The highest BCUT2D eigenvalue weighted by Gasteiger charge is 2.24. The molecular formula is C17H22N2O2. The molecule has 0 saturated carbocycles. The van der Waals surface area contributed by atoms with Gasteiger partial charge in [0.1, 0.15) is 11.6 Å². The molecule has 1 saturated heterocycles. The van der Waals surface area contributed by atoms with Gasteiger partial charge in [-0.1, -0.05) is 6.07 Å². The fourth-order valence-corrected chi connectivity index (χ4v) is 3.22. The maximum atomic E-state index is 9.31. The van der Waals surface area contributed by atoms with Crippen LogP contribution in [0, 0.1) is 0 Å². The van der Waals surface area contributed by atoms with E-state index >= 15 is 0 Å². The molecule has 1 N–H and O–H groups in total. The van der Waals surface area contributed by atoms with E-state index in [4.69, 9.17) is 4.74 Å². The summed E-state index contributed by atoms with van der Waals surface area (Å²) in [5.41, 5.74) is 0. The van der Waals surface area contributed by atoms with E-state index < -0.39 is 0 Å². The van der Waals surface area contributed by atoms with Crippen molar-refractivity contribution in [1.82, 2.24) is 4.98 Å². The molecule has 1 fully saturated rings. The van der Waals surface area contributed by atoms with E-state index in [0.29, 0.717) is 6.04 Å². The summed E-state index contributed by atoms with van der Waals surface area (Å²) in [7, 11) is 1.69. The van der Waals surface area contributed by atoms with Gasteiger partial charge >= 0.3 is 0 Å². The molecule has 1 aliphatic rings. The Morgan fingerprint density at radius 1 is 1.33 bits per heavy atom. The standard InChI is InChI=1S/C17H22N2O2/c1-21-15-6-5-13-7-9-18-17(16(13)12-15)19-10-3-2-4-14(19)8-11-20/h5-7,9,12,14,20H,2-4,8,10-11H2,1H3. The van der Waals surface area contributed by atoms with Gasteiger partial charge < -0.3 is 14.7 Å². The summed E-state index contributed by atoms with van der Waals surface area (Å²) in [5.74, 6) is 1.87. The number of rotatable bonds is 4. The molecule has 4 heteroatoms. The first kappa shape index (κ1) is 14.1. The molecular weight excluding hydrogens is 264 g/mol. The average Bonchev–Trinajstić information content (AvgIpc) is 2.55. The molecule has 21 heavy (non-hydrogen) atoms. The number of ether oxygens (including phenoxy) is 1. The lowest BCUT2D eigenvalue weighted by molar-refractivity contribution is 0.262. The molecule has 112 valence electrons. The second-order valence-corrected chi connectivity index (χ2v) is 5.58. The highest BCUT2D eigenvalue weighted by Crippen LogP contribution is 2.32. The van der Waals surface area contributed by atoms with Crippen LogP contribution < -0.4 is 9.64 Å². The monoisotopic (exact) mass is 286 g/mol. The Kier molecular flexibility index (Phi) is 4.25. The second kappa shape index (κ2) is 6.31. The van der Waals surface area contributed by atoms with E-state index in [0.717, 1.165) is 36.3 Å². The molecule has 3 rings (SSSR count). The quantitative estimate of drug-likeness (QED) is 0.938. The molecule has 1 aromatic heterocycles. The summed E-state index contributed by atoms with van der Waals surface area (Å²) in [6.45, 7) is 1.24. The number of pyridine rings is 1. The zero-order valence-electron chi connectivity index (χ0n) is 12.5. The number of aliphatic hydroxyl groups is 1. The first-order valence-corrected chi connectivity index (χ1v) is 7.63. The summed E-state index contributed by atoms with van der Waals surface area (Å²) < 4.78 is 5.35. The average molecular weight is 286 g/mol. The summed E-state index contributed by atoms with van der Waals surface area (Å²) in [5, 5.41) is 11.6. The minimum Gasteiger partial charge on any atom is -0.497 e. The number of fused-ring (bicyclic) bond motifs is 1. The maximum Gasteiger partial charge on any atom is 0.136 e. The Bertz CT molecular complexity index is 613. The van der Waals surface area contributed by atoms with Gasteiger partial charge in [0.05, 0.1) is 7.11 Å². The Balaban J connectivity index is 2.05. The zero-order chi connectivity index (χ0) is 14.7. The van der Waals surface area contributed by atoms with E-state index in [1.54, 1.807) is 7.11 Å². The van der Waals surface area contributed by atoms with Crippen molar-refractivity contribution in [1.29, 1.82) is 0 Å². The van der Waals surface area contributed by atoms with Crippen molar-refractivity contribution in [2.24, 2.45) is 0 Å². The van der Waals surface area contributed by atoms with Gasteiger partial charge in [0, 0.05) is 30.8 Å². The molecule has 0 bridgehead atoms. The number of anilines is 1. The van der Waals surface area contributed by atoms with Crippen LogP contribution in [-0.2, 0) is 0 Å². The second-order valence-electron chi connectivity index (χ2n) is 5.58. The molecule has 1 aliphatic heterocycles. The zero-order valence-corrected chi connectivity index (χ0v) is 12.5. The first-order chi connectivity index (χ1) is 10.3. The summed E-state index contributed by atoms with van der Waals surface area (Å²) in [6, 6.07) is 8.52. The Morgan fingerprint density at radius 3 is 3.05 bits per heavy atom. The van der Waals surface area contributed by atoms with Crippen LogP contribution in [0.3, 0.4) is 0 Å². The number of piperidine rings is 1. The largest absolute Gasteiger partial charge is 0.497 e. The van der Waals surface area contributed by atoms with Crippen molar-refractivity contribution >= 4 is 16.6 Å². The van der Waals surface area contributed by atoms with Crippen molar-refractivity contribution in [2.75, 3.05) is 25.2 Å². The molecule has 0 spiro atoms. The number of aromatic nitrogens is 1. The Labute approximate surface area is 125 Å². The van der Waals surface area contributed by atoms with Gasteiger partial charge in [0.2, 0.25) is 0 Å². The summed E-state index contributed by atoms with van der Waals surface area (Å²) in [6.07, 6.45) is 6.22. The van der Waals surface area contributed by atoms with E-state index in [1.165, 1.54) is 18.2 Å². The Hall–Kier alpha value is -1.81. The van der Waals surface area contributed by atoms with Gasteiger partial charge in [0.15, 0.2) is 0 Å². The van der Waals surface area contributed by atoms with Gasteiger partial charge in [0.25, 0.3) is 0 Å². The topological polar surface area (TPSA) is 45.6 Å². The summed E-state index contributed by atoms with van der Waals surface area (Å²) >= 11 is 0. The molecule has 1 atom stereocenters. The fraction of sp³-hybridized carbons (Fsp3) is 0.471. The highest BCUT2D eigenvalue weighted by atomic mass is 16.5. The lowest BCUT2D eigenvalue weighted by Gasteiger charge is -2.37. The SMILES string of the molecule is COc1ccc2ccnc(N3CCCCC3CCO)c2c1. The van der Waals surface area contributed by atoms with Gasteiger partial charge in [-0.2, -0.15) is 0 Å². The highest BCUT2D eigenvalue weighted by molar-refractivity contribution is 5.93. The molecule has 2 aromatic rings. The van der Waals surface area contributed by atoms with Gasteiger partial charge in [-0.05, 0) is 49.3 Å². The van der Waals surface area contributed by atoms with Gasteiger partial charge in [-0.25, -0.2) is 4.98 Å². The van der Waals surface area contributed by atoms with Crippen molar-refractivity contribution in [3.05, 3.63) is 30.5 Å². The van der Waals surface area contributed by atoms with E-state index in [9.17, 15) is 5.11 Å². The number of hydrogen-bond donors (Lipinski definition) is 1. The molecule has 2 heterocycles. The van der Waals surface area contributed by atoms with E-state index in [2.05, 4.69) is 22.0 Å². The van der Waals surface area contributed by atoms with Crippen LogP contribution in [0.5, 0.6) is 5.75 Å². The number of nitrogens with zero attached hydrogens (tertiary/aromatic N) is 2. The number of hydrogen-bond acceptors (Lipinski definition) is 4. The first-order valence-electron chi connectivity index (χ1n) is 7.63. The van der Waals surface area contributed by atoms with Gasteiger partial charge in [-0.15, -0.1) is 0 Å². The van der Waals surface area contributed by atoms with E-state index in [1.807, 2.05) is 18.3 Å². The van der Waals surface area contributed by atoms with Crippen molar-refractivity contribution < 1.29 is 9.84 Å². The van der Waals surface area contributed by atoms with Crippen LogP contribution in [0.1, 0.15) is 25.7 Å². The molecule has 0 amide bonds. The van der Waals surface area contributed by atoms with Crippen LogP contribution in [0.2, 0.25) is 0 Å². The molecule has 4 nitrogen and oxygen atoms in total. The van der Waals surface area contributed by atoms with Gasteiger partial charge in [-0.3, -0.25) is 0 Å². The minimum absolute atomic E-state index is 0.231.